The van der Waals surface area contributed by atoms with Gasteiger partial charge in [0.15, 0.2) is 0 Å². The zero-order chi connectivity index (χ0) is 13.8. The van der Waals surface area contributed by atoms with E-state index in [1.54, 1.807) is 24.1 Å². The Morgan fingerprint density at radius 3 is 3.00 bits per heavy atom. The maximum absolute atomic E-state index is 12.3. The van der Waals surface area contributed by atoms with Crippen molar-refractivity contribution < 1.29 is 9.59 Å². The number of anilines is 1. The largest absolute Gasteiger partial charge is 0.344 e. The van der Waals surface area contributed by atoms with Crippen molar-refractivity contribution in [2.45, 2.75) is 6.42 Å². The molecule has 2 amide bonds. The molecule has 0 radical (unpaired) electrons. The van der Waals surface area contributed by atoms with Crippen LogP contribution in [0.2, 0.25) is 0 Å². The fourth-order valence-corrected chi connectivity index (χ4v) is 1.96. The second-order valence-corrected chi connectivity index (χ2v) is 4.47. The highest BCUT2D eigenvalue weighted by molar-refractivity contribution is 5.95. The molecular weight excluding hydrogens is 246 g/mol. The molecule has 3 N–H and O–H groups in total. The number of aromatic nitrogens is 1. The Morgan fingerprint density at radius 1 is 1.47 bits per heavy atom. The van der Waals surface area contributed by atoms with Crippen LogP contribution in [-0.4, -0.2) is 53.3 Å². The molecule has 1 aromatic heterocycles. The number of hydrazine groups is 1. The van der Waals surface area contributed by atoms with E-state index in [2.05, 4.69) is 10.4 Å². The molecule has 7 nitrogen and oxygen atoms in total. The SMILES string of the molecule is CN1CCCN(C(=O)c2cc(NN)ccn2)CC1=O. The summed E-state index contributed by atoms with van der Waals surface area (Å²) in [6.45, 7) is 1.31. The van der Waals surface area contributed by atoms with E-state index in [0.717, 1.165) is 6.42 Å². The van der Waals surface area contributed by atoms with Gasteiger partial charge in [0.1, 0.15) is 12.2 Å². The van der Waals surface area contributed by atoms with Crippen molar-refractivity contribution in [2.75, 3.05) is 32.1 Å². The van der Waals surface area contributed by atoms with Crippen LogP contribution in [0.1, 0.15) is 16.9 Å². The summed E-state index contributed by atoms with van der Waals surface area (Å²) >= 11 is 0. The lowest BCUT2D eigenvalue weighted by atomic mass is 10.2. The van der Waals surface area contributed by atoms with Crippen LogP contribution in [0.15, 0.2) is 18.3 Å². The van der Waals surface area contributed by atoms with Gasteiger partial charge in [-0.15, -0.1) is 0 Å². The number of likely N-dealkylation sites (N-methyl/N-ethyl adjacent to an activating group) is 1. The Kier molecular flexibility index (Phi) is 3.96. The van der Waals surface area contributed by atoms with Gasteiger partial charge in [0.2, 0.25) is 5.91 Å². The molecule has 7 heteroatoms. The van der Waals surface area contributed by atoms with Gasteiger partial charge < -0.3 is 15.2 Å². The number of nitrogen functional groups attached to an aromatic ring is 1. The molecule has 1 aliphatic rings. The Balaban J connectivity index is 2.16. The third-order valence-electron chi connectivity index (χ3n) is 3.11. The second-order valence-electron chi connectivity index (χ2n) is 4.47. The van der Waals surface area contributed by atoms with Gasteiger partial charge in [0, 0.05) is 26.3 Å². The Bertz CT molecular complexity index is 491. The van der Waals surface area contributed by atoms with Gasteiger partial charge in [-0.2, -0.15) is 0 Å². The molecule has 0 atom stereocenters. The number of rotatable bonds is 2. The molecule has 0 aliphatic carbocycles. The number of nitrogens with zero attached hydrogens (tertiary/aromatic N) is 3. The Morgan fingerprint density at radius 2 is 2.26 bits per heavy atom. The topological polar surface area (TPSA) is 91.6 Å². The van der Waals surface area contributed by atoms with Crippen molar-refractivity contribution in [3.8, 4) is 0 Å². The molecular formula is C12H17N5O2. The van der Waals surface area contributed by atoms with E-state index in [4.69, 9.17) is 5.84 Å². The summed E-state index contributed by atoms with van der Waals surface area (Å²) in [4.78, 5) is 31.2. The molecule has 0 saturated carbocycles. The number of hydrogen-bond donors (Lipinski definition) is 2. The quantitative estimate of drug-likeness (QED) is 0.563. The summed E-state index contributed by atoms with van der Waals surface area (Å²) < 4.78 is 0. The molecule has 2 rings (SSSR count). The fourth-order valence-electron chi connectivity index (χ4n) is 1.96. The highest BCUT2D eigenvalue weighted by Crippen LogP contribution is 2.11. The minimum atomic E-state index is -0.249. The van der Waals surface area contributed by atoms with Crippen LogP contribution in [0, 0.1) is 0 Å². The number of nitrogens with two attached hydrogens (primary N) is 1. The first-order chi connectivity index (χ1) is 9.11. The van der Waals surface area contributed by atoms with Crippen LogP contribution < -0.4 is 11.3 Å². The summed E-state index contributed by atoms with van der Waals surface area (Å²) in [6, 6.07) is 3.24. The van der Waals surface area contributed by atoms with E-state index >= 15 is 0 Å². The molecule has 1 aromatic rings. The molecule has 1 saturated heterocycles. The van der Waals surface area contributed by atoms with Gasteiger partial charge in [0.05, 0.1) is 5.69 Å². The molecule has 0 spiro atoms. The van der Waals surface area contributed by atoms with Crippen LogP contribution in [0.25, 0.3) is 0 Å². The highest BCUT2D eigenvalue weighted by atomic mass is 16.2. The Labute approximate surface area is 111 Å². The zero-order valence-corrected chi connectivity index (χ0v) is 10.8. The van der Waals surface area contributed by atoms with E-state index in [1.807, 2.05) is 0 Å². The van der Waals surface area contributed by atoms with Crippen LogP contribution >= 0.6 is 0 Å². The first-order valence-electron chi connectivity index (χ1n) is 6.07. The molecule has 19 heavy (non-hydrogen) atoms. The molecule has 1 fully saturated rings. The monoisotopic (exact) mass is 263 g/mol. The molecule has 0 bridgehead atoms. The minimum Gasteiger partial charge on any atom is -0.344 e. The number of amides is 2. The van der Waals surface area contributed by atoms with E-state index in [9.17, 15) is 9.59 Å². The highest BCUT2D eigenvalue weighted by Gasteiger charge is 2.24. The molecule has 1 aliphatic heterocycles. The lowest BCUT2D eigenvalue weighted by molar-refractivity contribution is -0.129. The maximum Gasteiger partial charge on any atom is 0.272 e. The van der Waals surface area contributed by atoms with Crippen molar-refractivity contribution in [3.05, 3.63) is 24.0 Å². The van der Waals surface area contributed by atoms with Gasteiger partial charge in [-0.1, -0.05) is 0 Å². The maximum atomic E-state index is 12.3. The predicted molar refractivity (Wildman–Crippen MR) is 70.2 cm³/mol. The molecule has 0 aromatic carbocycles. The number of pyridine rings is 1. The van der Waals surface area contributed by atoms with E-state index in [-0.39, 0.29) is 24.1 Å². The minimum absolute atomic E-state index is 0.0565. The van der Waals surface area contributed by atoms with Crippen molar-refractivity contribution >= 4 is 17.5 Å². The number of hydrogen-bond acceptors (Lipinski definition) is 5. The average molecular weight is 263 g/mol. The summed E-state index contributed by atoms with van der Waals surface area (Å²) in [5, 5.41) is 0. The first-order valence-corrected chi connectivity index (χ1v) is 6.07. The van der Waals surface area contributed by atoms with Gasteiger partial charge in [-0.3, -0.25) is 20.4 Å². The normalized spacial score (nSPS) is 16.2. The fraction of sp³-hybridized carbons (Fsp3) is 0.417. The van der Waals surface area contributed by atoms with Crippen molar-refractivity contribution in [3.63, 3.8) is 0 Å². The zero-order valence-electron chi connectivity index (χ0n) is 10.8. The second kappa shape index (κ2) is 5.66. The molecule has 0 unspecified atom stereocenters. The van der Waals surface area contributed by atoms with Gasteiger partial charge in [-0.05, 0) is 18.6 Å². The summed E-state index contributed by atoms with van der Waals surface area (Å²) in [5.41, 5.74) is 3.36. The van der Waals surface area contributed by atoms with Crippen LogP contribution in [0.5, 0.6) is 0 Å². The van der Waals surface area contributed by atoms with Crippen LogP contribution in [0.3, 0.4) is 0 Å². The number of carbonyl (C=O) groups is 2. The third-order valence-corrected chi connectivity index (χ3v) is 3.11. The summed E-state index contributed by atoms with van der Waals surface area (Å²) in [7, 11) is 1.74. The lowest BCUT2D eigenvalue weighted by Crippen LogP contribution is -2.38. The van der Waals surface area contributed by atoms with E-state index < -0.39 is 0 Å². The van der Waals surface area contributed by atoms with Gasteiger partial charge in [-0.25, -0.2) is 0 Å². The Hall–Kier alpha value is -2.15. The van der Waals surface area contributed by atoms with Crippen LogP contribution in [0.4, 0.5) is 5.69 Å². The van der Waals surface area contributed by atoms with Gasteiger partial charge >= 0.3 is 0 Å². The summed E-state index contributed by atoms with van der Waals surface area (Å²) in [5.74, 6) is 4.99. The first kappa shape index (κ1) is 13.3. The number of nitrogens with one attached hydrogen (secondary N) is 1. The van der Waals surface area contributed by atoms with E-state index in [1.165, 1.54) is 11.1 Å². The van der Waals surface area contributed by atoms with Crippen molar-refractivity contribution in [1.82, 2.24) is 14.8 Å². The average Bonchev–Trinajstić information content (AvgIpc) is 2.60. The smallest absolute Gasteiger partial charge is 0.272 e. The predicted octanol–water partition coefficient (Wildman–Crippen LogP) is -0.329. The molecule has 2 heterocycles. The van der Waals surface area contributed by atoms with Gasteiger partial charge in [0.25, 0.3) is 5.91 Å². The van der Waals surface area contributed by atoms with Crippen molar-refractivity contribution in [1.29, 1.82) is 0 Å². The number of carbonyl (C=O) groups excluding carboxylic acids is 2. The molecule has 102 valence electrons. The third kappa shape index (κ3) is 3.00. The lowest BCUT2D eigenvalue weighted by Gasteiger charge is -2.19. The van der Waals surface area contributed by atoms with Crippen molar-refractivity contribution in [2.24, 2.45) is 5.84 Å². The van der Waals surface area contributed by atoms with E-state index in [0.29, 0.717) is 18.8 Å². The standard InChI is InChI=1S/C12H17N5O2/c1-16-5-2-6-17(8-11(16)18)12(19)10-7-9(15-13)3-4-14-10/h3-4,7H,2,5-6,8,13H2,1H3,(H,14,15). The summed E-state index contributed by atoms with van der Waals surface area (Å²) in [6.07, 6.45) is 2.27. The van der Waals surface area contributed by atoms with Crippen LogP contribution in [-0.2, 0) is 4.79 Å².